The van der Waals surface area contributed by atoms with Gasteiger partial charge in [0.05, 0.1) is 6.33 Å². The predicted molar refractivity (Wildman–Crippen MR) is 133 cm³/mol. The molecule has 0 aliphatic rings. The lowest BCUT2D eigenvalue weighted by molar-refractivity contribution is 0.558. The maximum atomic E-state index is 4.01. The second-order valence-electron chi connectivity index (χ2n) is 8.45. The molecule has 0 saturated heterocycles. The van der Waals surface area contributed by atoms with Crippen LogP contribution < -0.4 is 5.46 Å². The third-order valence-electron chi connectivity index (χ3n) is 5.49. The summed E-state index contributed by atoms with van der Waals surface area (Å²) in [6, 6.07) is 19.7. The van der Waals surface area contributed by atoms with Crippen molar-refractivity contribution in [3.63, 3.8) is 0 Å². The largest absolute Gasteiger partial charge is 0.337 e. The molecule has 3 aromatic rings. The molecule has 3 heteroatoms. The molecule has 0 atom stereocenters. The van der Waals surface area contributed by atoms with E-state index in [-0.39, 0.29) is 0 Å². The van der Waals surface area contributed by atoms with E-state index in [9.17, 15) is 0 Å². The van der Waals surface area contributed by atoms with Crippen molar-refractivity contribution in [3.8, 4) is 0 Å². The minimum absolute atomic E-state index is 0.617. The van der Waals surface area contributed by atoms with Crippen LogP contribution in [0.1, 0.15) is 76.3 Å². The molecule has 0 spiro atoms. The van der Waals surface area contributed by atoms with Crippen molar-refractivity contribution in [2.45, 2.75) is 78.1 Å². The van der Waals surface area contributed by atoms with Gasteiger partial charge >= 0.3 is 0 Å². The van der Waals surface area contributed by atoms with Gasteiger partial charge in [-0.25, -0.2) is 4.98 Å². The molecule has 30 heavy (non-hydrogen) atoms. The van der Waals surface area contributed by atoms with Gasteiger partial charge in [0.15, 0.2) is 7.28 Å². The molecule has 2 aromatic carbocycles. The number of rotatable bonds is 11. The summed E-state index contributed by atoms with van der Waals surface area (Å²) in [4.78, 5) is 4.01. The van der Waals surface area contributed by atoms with Crippen LogP contribution in [0.2, 0.25) is 0 Å². The summed E-state index contributed by atoms with van der Waals surface area (Å²) in [5, 5.41) is 0. The molecule has 0 amide bonds. The van der Waals surface area contributed by atoms with Gasteiger partial charge in [0.1, 0.15) is 0 Å². The van der Waals surface area contributed by atoms with E-state index in [1.807, 2.05) is 18.7 Å². The minimum atomic E-state index is 0.617. The van der Waals surface area contributed by atoms with E-state index in [1.165, 1.54) is 55.1 Å². The van der Waals surface area contributed by atoms with Crippen LogP contribution >= 0.6 is 0 Å². The van der Waals surface area contributed by atoms with Crippen molar-refractivity contribution < 1.29 is 0 Å². The lowest BCUT2D eigenvalue weighted by Crippen LogP contribution is -2.17. The smallest absolute Gasteiger partial charge is 0.162 e. The molecule has 0 unspecified atom stereocenters. The SMILES string of the molecule is CC(C)c1cccc(BCc2ccccc2)c1.CCCCCCCCn1ccnc1. The molecular weight excluding hydrogens is 363 g/mol. The molecule has 0 radical (unpaired) electrons. The molecule has 0 aliphatic heterocycles. The number of aryl methyl sites for hydroxylation is 1. The number of nitrogens with zero attached hydrogens (tertiary/aromatic N) is 2. The third-order valence-corrected chi connectivity index (χ3v) is 5.49. The van der Waals surface area contributed by atoms with Gasteiger partial charge in [0.25, 0.3) is 0 Å². The highest BCUT2D eigenvalue weighted by molar-refractivity contribution is 6.52. The van der Waals surface area contributed by atoms with Crippen molar-refractivity contribution in [1.82, 2.24) is 9.55 Å². The summed E-state index contributed by atoms with van der Waals surface area (Å²) in [6.07, 6.45) is 15.1. The van der Waals surface area contributed by atoms with Gasteiger partial charge in [-0.05, 0) is 24.2 Å². The Hall–Kier alpha value is -2.29. The summed E-state index contributed by atoms with van der Waals surface area (Å²) >= 11 is 0. The highest BCUT2D eigenvalue weighted by Crippen LogP contribution is 2.11. The Morgan fingerprint density at radius 1 is 0.900 bits per heavy atom. The highest BCUT2D eigenvalue weighted by Gasteiger charge is 2.02. The molecule has 1 aromatic heterocycles. The number of unbranched alkanes of at least 4 members (excludes halogenated alkanes) is 5. The number of aromatic nitrogens is 2. The molecule has 0 bridgehead atoms. The lowest BCUT2D eigenvalue weighted by atomic mass is 9.65. The number of hydrogen-bond donors (Lipinski definition) is 0. The molecular formula is C27H39BN2. The molecule has 1 heterocycles. The van der Waals surface area contributed by atoms with E-state index in [0.717, 1.165) is 20.1 Å². The number of benzene rings is 2. The molecule has 0 N–H and O–H groups in total. The Morgan fingerprint density at radius 3 is 2.37 bits per heavy atom. The fourth-order valence-corrected chi connectivity index (χ4v) is 3.53. The summed E-state index contributed by atoms with van der Waals surface area (Å²) < 4.78 is 2.15. The quantitative estimate of drug-likeness (QED) is 0.271. The first-order valence-electron chi connectivity index (χ1n) is 11.8. The van der Waals surface area contributed by atoms with Crippen LogP contribution in [0.5, 0.6) is 0 Å². The van der Waals surface area contributed by atoms with Crippen LogP contribution in [-0.2, 0) is 12.9 Å². The molecule has 3 rings (SSSR count). The standard InChI is InChI=1S/C16H19B.C11H20N2/c1-13(2)15-9-6-10-16(11-15)17-12-14-7-4-3-5-8-14;1-2-3-4-5-6-7-9-13-10-8-12-11-13/h3-11,13,17H,12H2,1-2H3;8,10-11H,2-7,9H2,1H3. The maximum Gasteiger partial charge on any atom is 0.162 e. The maximum absolute atomic E-state index is 4.01. The van der Waals surface area contributed by atoms with E-state index < -0.39 is 0 Å². The van der Waals surface area contributed by atoms with E-state index in [0.29, 0.717) is 5.92 Å². The van der Waals surface area contributed by atoms with Gasteiger partial charge in [-0.15, -0.1) is 0 Å². The van der Waals surface area contributed by atoms with E-state index in [4.69, 9.17) is 0 Å². The summed E-state index contributed by atoms with van der Waals surface area (Å²) in [6.45, 7) is 7.88. The number of imidazole rings is 1. The summed E-state index contributed by atoms with van der Waals surface area (Å²) in [7, 11) is 1.13. The van der Waals surface area contributed by atoms with Crippen molar-refractivity contribution in [1.29, 1.82) is 0 Å². The Morgan fingerprint density at radius 2 is 1.67 bits per heavy atom. The first-order chi connectivity index (χ1) is 14.7. The van der Waals surface area contributed by atoms with Crippen LogP contribution in [0, 0.1) is 0 Å². The van der Waals surface area contributed by atoms with Gasteiger partial charge in [-0.3, -0.25) is 0 Å². The monoisotopic (exact) mass is 402 g/mol. The summed E-state index contributed by atoms with van der Waals surface area (Å²) in [5.74, 6) is 0.617. The van der Waals surface area contributed by atoms with E-state index >= 15 is 0 Å². The topological polar surface area (TPSA) is 17.8 Å². The van der Waals surface area contributed by atoms with Gasteiger partial charge in [0, 0.05) is 18.9 Å². The molecule has 0 saturated carbocycles. The average Bonchev–Trinajstić information content (AvgIpc) is 3.30. The van der Waals surface area contributed by atoms with Crippen LogP contribution in [0.4, 0.5) is 0 Å². The van der Waals surface area contributed by atoms with Gasteiger partial charge in [-0.2, -0.15) is 0 Å². The van der Waals surface area contributed by atoms with Crippen molar-refractivity contribution in [3.05, 3.63) is 84.4 Å². The molecule has 2 nitrogen and oxygen atoms in total. The minimum Gasteiger partial charge on any atom is -0.337 e. The van der Waals surface area contributed by atoms with Gasteiger partial charge in [-0.1, -0.05) is 118 Å². The first kappa shape index (κ1) is 24.0. The van der Waals surface area contributed by atoms with Crippen LogP contribution in [0.25, 0.3) is 0 Å². The van der Waals surface area contributed by atoms with E-state index in [1.54, 1.807) is 0 Å². The predicted octanol–water partition coefficient (Wildman–Crippen LogP) is 6.32. The average molecular weight is 402 g/mol. The Labute approximate surface area is 185 Å². The fourth-order valence-electron chi connectivity index (χ4n) is 3.53. The fraction of sp³-hybridized carbons (Fsp3) is 0.444. The van der Waals surface area contributed by atoms with Crippen LogP contribution in [-0.4, -0.2) is 16.8 Å². The van der Waals surface area contributed by atoms with E-state index in [2.05, 4.69) is 84.9 Å². The van der Waals surface area contributed by atoms with Crippen LogP contribution in [0.15, 0.2) is 73.3 Å². The normalized spacial score (nSPS) is 10.5. The van der Waals surface area contributed by atoms with Gasteiger partial charge in [0.2, 0.25) is 0 Å². The van der Waals surface area contributed by atoms with Crippen molar-refractivity contribution >= 4 is 12.7 Å². The first-order valence-corrected chi connectivity index (χ1v) is 11.8. The van der Waals surface area contributed by atoms with Gasteiger partial charge < -0.3 is 4.57 Å². The van der Waals surface area contributed by atoms with Crippen molar-refractivity contribution in [2.75, 3.05) is 0 Å². The zero-order valence-corrected chi connectivity index (χ0v) is 19.3. The second-order valence-corrected chi connectivity index (χ2v) is 8.45. The lowest BCUT2D eigenvalue weighted by Gasteiger charge is -2.07. The summed E-state index contributed by atoms with van der Waals surface area (Å²) in [5.41, 5.74) is 4.30. The second kappa shape index (κ2) is 14.7. The number of hydrogen-bond acceptors (Lipinski definition) is 1. The zero-order chi connectivity index (χ0) is 21.4. The molecule has 0 aliphatic carbocycles. The Bertz CT molecular complexity index is 782. The zero-order valence-electron chi connectivity index (χ0n) is 19.3. The molecule has 0 fully saturated rings. The van der Waals surface area contributed by atoms with Crippen molar-refractivity contribution in [2.24, 2.45) is 0 Å². The molecule has 160 valence electrons. The van der Waals surface area contributed by atoms with Crippen LogP contribution in [0.3, 0.4) is 0 Å². The highest BCUT2D eigenvalue weighted by atomic mass is 15.0. The Balaban J connectivity index is 0.000000222. The third kappa shape index (κ3) is 9.96. The Kier molecular flexibility index (Phi) is 11.7.